The number of rotatable bonds is 6. The molecule has 7 heteroatoms. The van der Waals surface area contributed by atoms with E-state index in [0.29, 0.717) is 18.8 Å². The van der Waals surface area contributed by atoms with Crippen LogP contribution in [-0.2, 0) is 13.1 Å². The molecule has 0 radical (unpaired) electrons. The molecule has 1 aromatic carbocycles. The van der Waals surface area contributed by atoms with E-state index in [-0.39, 0.29) is 18.0 Å². The molecule has 3 heterocycles. The summed E-state index contributed by atoms with van der Waals surface area (Å²) in [5, 5.41) is 15.4. The van der Waals surface area contributed by atoms with Gasteiger partial charge in [-0.15, -0.1) is 6.58 Å². The molecule has 0 unspecified atom stereocenters. The van der Waals surface area contributed by atoms with Gasteiger partial charge in [-0.1, -0.05) is 18.2 Å². The highest BCUT2D eigenvalue weighted by molar-refractivity contribution is 5.48. The number of allylic oxidation sites excluding steroid dienone is 1. The van der Waals surface area contributed by atoms with Gasteiger partial charge in [0.15, 0.2) is 0 Å². The van der Waals surface area contributed by atoms with Crippen molar-refractivity contribution in [3.63, 3.8) is 0 Å². The average Bonchev–Trinajstić information content (AvgIpc) is 3.08. The van der Waals surface area contributed by atoms with E-state index in [4.69, 9.17) is 0 Å². The van der Waals surface area contributed by atoms with Gasteiger partial charge in [0.1, 0.15) is 5.82 Å². The van der Waals surface area contributed by atoms with Gasteiger partial charge in [-0.2, -0.15) is 5.10 Å². The van der Waals surface area contributed by atoms with Gasteiger partial charge in [-0.3, -0.25) is 14.5 Å². The molecule has 2 fully saturated rings. The van der Waals surface area contributed by atoms with Crippen LogP contribution < -0.4 is 4.90 Å². The predicted octanol–water partition coefficient (Wildman–Crippen LogP) is 2.27. The third-order valence-electron chi connectivity index (χ3n) is 6.37. The lowest BCUT2D eigenvalue weighted by Crippen LogP contribution is -2.58. The molecule has 30 heavy (non-hydrogen) atoms. The van der Waals surface area contributed by atoms with Crippen molar-refractivity contribution < 1.29 is 9.50 Å². The Labute approximate surface area is 178 Å². The minimum absolute atomic E-state index is 0.161. The third kappa shape index (κ3) is 4.58. The van der Waals surface area contributed by atoms with Crippen molar-refractivity contribution in [1.82, 2.24) is 19.6 Å². The number of halogens is 1. The SMILES string of the molecule is C=CCn1cc(CN2CC[C@H](N3CCN(c4ccccc4F)CC3)[C@@H](O)C2)c(C)n1. The van der Waals surface area contributed by atoms with Gasteiger partial charge >= 0.3 is 0 Å². The number of hydrogen-bond acceptors (Lipinski definition) is 5. The van der Waals surface area contributed by atoms with Crippen LogP contribution in [0.5, 0.6) is 0 Å². The van der Waals surface area contributed by atoms with Gasteiger partial charge in [0, 0.05) is 63.6 Å². The van der Waals surface area contributed by atoms with Gasteiger partial charge < -0.3 is 10.0 Å². The number of anilines is 1. The first-order valence-corrected chi connectivity index (χ1v) is 10.8. The average molecular weight is 414 g/mol. The zero-order chi connectivity index (χ0) is 21.1. The normalized spacial score (nSPS) is 23.6. The monoisotopic (exact) mass is 413 g/mol. The lowest BCUT2D eigenvalue weighted by Gasteiger charge is -2.45. The molecule has 4 rings (SSSR count). The number of benzene rings is 1. The van der Waals surface area contributed by atoms with Gasteiger partial charge in [0.25, 0.3) is 0 Å². The summed E-state index contributed by atoms with van der Waals surface area (Å²) >= 11 is 0. The molecule has 0 aliphatic carbocycles. The largest absolute Gasteiger partial charge is 0.390 e. The molecular weight excluding hydrogens is 381 g/mol. The fourth-order valence-electron chi connectivity index (χ4n) is 4.74. The highest BCUT2D eigenvalue weighted by Crippen LogP contribution is 2.24. The van der Waals surface area contributed by atoms with Crippen LogP contribution in [0.15, 0.2) is 43.1 Å². The van der Waals surface area contributed by atoms with Crippen LogP contribution in [0, 0.1) is 12.7 Å². The van der Waals surface area contributed by atoms with Gasteiger partial charge in [-0.05, 0) is 25.5 Å². The summed E-state index contributed by atoms with van der Waals surface area (Å²) in [6.07, 6.45) is 4.50. The van der Waals surface area contributed by atoms with Crippen molar-refractivity contribution in [3.05, 3.63) is 60.2 Å². The lowest BCUT2D eigenvalue weighted by molar-refractivity contribution is -0.0172. The fraction of sp³-hybridized carbons (Fsp3) is 0.522. The Balaban J connectivity index is 1.30. The minimum Gasteiger partial charge on any atom is -0.390 e. The summed E-state index contributed by atoms with van der Waals surface area (Å²) in [4.78, 5) is 6.81. The van der Waals surface area contributed by atoms with Crippen molar-refractivity contribution in [2.45, 2.75) is 38.6 Å². The number of aryl methyl sites for hydroxylation is 1. The molecular formula is C23H32FN5O. The number of nitrogens with zero attached hydrogens (tertiary/aromatic N) is 5. The smallest absolute Gasteiger partial charge is 0.146 e. The summed E-state index contributed by atoms with van der Waals surface area (Å²) in [6, 6.07) is 7.15. The molecule has 162 valence electrons. The number of piperidine rings is 1. The zero-order valence-electron chi connectivity index (χ0n) is 17.8. The maximum absolute atomic E-state index is 14.1. The van der Waals surface area contributed by atoms with Crippen LogP contribution in [-0.4, -0.2) is 76.1 Å². The van der Waals surface area contributed by atoms with E-state index in [1.165, 1.54) is 11.6 Å². The van der Waals surface area contributed by atoms with Crippen LogP contribution in [0.25, 0.3) is 0 Å². The first-order chi connectivity index (χ1) is 14.5. The third-order valence-corrected chi connectivity index (χ3v) is 6.37. The van der Waals surface area contributed by atoms with Crippen LogP contribution >= 0.6 is 0 Å². The Kier molecular flexibility index (Phi) is 6.51. The van der Waals surface area contributed by atoms with E-state index in [0.717, 1.165) is 51.4 Å². The molecule has 2 aliphatic rings. The molecule has 1 N–H and O–H groups in total. The van der Waals surface area contributed by atoms with Crippen molar-refractivity contribution in [2.24, 2.45) is 0 Å². The quantitative estimate of drug-likeness (QED) is 0.737. The Bertz CT molecular complexity index is 861. The van der Waals surface area contributed by atoms with E-state index in [1.807, 2.05) is 29.8 Å². The summed E-state index contributed by atoms with van der Waals surface area (Å²) in [6.45, 7) is 12.2. The van der Waals surface area contributed by atoms with Gasteiger partial charge in [0.2, 0.25) is 0 Å². The molecule has 2 aromatic rings. The molecule has 6 nitrogen and oxygen atoms in total. The molecule has 0 saturated carbocycles. The summed E-state index contributed by atoms with van der Waals surface area (Å²) in [5.41, 5.74) is 2.93. The fourth-order valence-corrected chi connectivity index (χ4v) is 4.74. The van der Waals surface area contributed by atoms with E-state index in [1.54, 1.807) is 6.07 Å². The second-order valence-electron chi connectivity index (χ2n) is 8.38. The first kappa shape index (κ1) is 21.0. The first-order valence-electron chi connectivity index (χ1n) is 10.8. The number of para-hydroxylation sites is 1. The highest BCUT2D eigenvalue weighted by Gasteiger charge is 2.34. The van der Waals surface area contributed by atoms with E-state index in [2.05, 4.69) is 32.6 Å². The van der Waals surface area contributed by atoms with Crippen LogP contribution in [0.2, 0.25) is 0 Å². The Morgan fingerprint density at radius 1 is 1.20 bits per heavy atom. The van der Waals surface area contributed by atoms with Crippen molar-refractivity contribution in [3.8, 4) is 0 Å². The van der Waals surface area contributed by atoms with E-state index >= 15 is 0 Å². The number of aromatic nitrogens is 2. The second-order valence-corrected chi connectivity index (χ2v) is 8.38. The molecule has 0 bridgehead atoms. The van der Waals surface area contributed by atoms with E-state index in [9.17, 15) is 9.50 Å². The minimum atomic E-state index is -0.373. The van der Waals surface area contributed by atoms with Gasteiger partial charge in [-0.25, -0.2) is 4.39 Å². The molecule has 2 aliphatic heterocycles. The molecule has 2 saturated heterocycles. The molecule has 0 amide bonds. The van der Waals surface area contributed by atoms with Crippen LogP contribution in [0.1, 0.15) is 17.7 Å². The number of likely N-dealkylation sites (tertiary alicyclic amines) is 1. The number of piperazine rings is 1. The van der Waals surface area contributed by atoms with Crippen molar-refractivity contribution >= 4 is 5.69 Å². The summed E-state index contributed by atoms with van der Waals surface area (Å²) in [5.74, 6) is -0.161. The Hall–Kier alpha value is -2.22. The van der Waals surface area contributed by atoms with E-state index < -0.39 is 0 Å². The summed E-state index contributed by atoms with van der Waals surface area (Å²) < 4.78 is 16.0. The second kappa shape index (κ2) is 9.29. The zero-order valence-corrected chi connectivity index (χ0v) is 17.8. The standard InChI is InChI=1S/C23H32FN5O/c1-3-9-29-16-19(18(2)25-29)15-26-10-8-22(23(30)17-26)28-13-11-27(12-14-28)21-7-5-4-6-20(21)24/h3-7,16,22-23,30H,1,8-15,17H2,2H3/t22-,23-/m0/s1. The Morgan fingerprint density at radius 3 is 2.67 bits per heavy atom. The molecule has 1 aromatic heterocycles. The maximum atomic E-state index is 14.1. The molecule has 2 atom stereocenters. The topological polar surface area (TPSA) is 47.8 Å². The molecule has 0 spiro atoms. The number of β-amino-alcohol motifs (C(OH)–C–C–N with tert-alkyl or cyclic N) is 1. The maximum Gasteiger partial charge on any atom is 0.146 e. The van der Waals surface area contributed by atoms with Crippen LogP contribution in [0.4, 0.5) is 10.1 Å². The lowest BCUT2D eigenvalue weighted by atomic mass is 9.98. The number of aliphatic hydroxyl groups is 1. The Morgan fingerprint density at radius 2 is 1.97 bits per heavy atom. The number of hydrogen-bond donors (Lipinski definition) is 1. The van der Waals surface area contributed by atoms with Crippen molar-refractivity contribution in [1.29, 1.82) is 0 Å². The van der Waals surface area contributed by atoms with Crippen molar-refractivity contribution in [2.75, 3.05) is 44.2 Å². The highest BCUT2D eigenvalue weighted by atomic mass is 19.1. The van der Waals surface area contributed by atoms with Gasteiger partial charge in [0.05, 0.1) is 24.0 Å². The summed E-state index contributed by atoms with van der Waals surface area (Å²) in [7, 11) is 0. The predicted molar refractivity (Wildman–Crippen MR) is 117 cm³/mol. The number of aliphatic hydroxyl groups excluding tert-OH is 1. The van der Waals surface area contributed by atoms with Crippen LogP contribution in [0.3, 0.4) is 0 Å².